The Labute approximate surface area is 197 Å². The van der Waals surface area contributed by atoms with E-state index in [2.05, 4.69) is 15.5 Å². The van der Waals surface area contributed by atoms with Gasteiger partial charge < -0.3 is 5.32 Å². The molecule has 10 nitrogen and oxygen atoms in total. The van der Waals surface area contributed by atoms with Gasteiger partial charge in [-0.3, -0.25) is 15.0 Å². The lowest BCUT2D eigenvalue weighted by Gasteiger charge is -2.10. The molecule has 178 valence electrons. The predicted octanol–water partition coefficient (Wildman–Crippen LogP) is 1.75. The highest BCUT2D eigenvalue weighted by Gasteiger charge is 2.16. The molecule has 0 saturated carbocycles. The molecule has 3 aromatic rings. The van der Waals surface area contributed by atoms with Gasteiger partial charge in [-0.1, -0.05) is 30.3 Å². The van der Waals surface area contributed by atoms with Gasteiger partial charge in [0.15, 0.2) is 0 Å². The van der Waals surface area contributed by atoms with Crippen LogP contribution in [0.25, 0.3) is 0 Å². The number of rotatable bonds is 9. The lowest BCUT2D eigenvalue weighted by atomic mass is 10.1. The number of hydrogen-bond donors (Lipinski definition) is 4. The summed E-state index contributed by atoms with van der Waals surface area (Å²) in [5.41, 5.74) is 3.37. The van der Waals surface area contributed by atoms with Gasteiger partial charge in [0.25, 0.3) is 15.9 Å². The zero-order valence-electron chi connectivity index (χ0n) is 18.0. The van der Waals surface area contributed by atoms with Gasteiger partial charge in [0.05, 0.1) is 9.79 Å². The molecule has 4 N–H and O–H groups in total. The van der Waals surface area contributed by atoms with Crippen molar-refractivity contribution in [1.82, 2.24) is 15.0 Å². The largest absolute Gasteiger partial charge is 0.326 e. The van der Waals surface area contributed by atoms with Crippen molar-refractivity contribution in [2.75, 3.05) is 5.32 Å². The van der Waals surface area contributed by atoms with Crippen molar-refractivity contribution in [2.45, 2.75) is 23.3 Å². The van der Waals surface area contributed by atoms with E-state index in [1.165, 1.54) is 55.5 Å². The lowest BCUT2D eigenvalue weighted by Crippen LogP contribution is -2.41. The van der Waals surface area contributed by atoms with Crippen molar-refractivity contribution >= 4 is 37.5 Å². The number of nitrogens with one attached hydrogen (secondary N) is 4. The smallest absolute Gasteiger partial charge is 0.266 e. The van der Waals surface area contributed by atoms with E-state index in [9.17, 15) is 26.4 Å². The van der Waals surface area contributed by atoms with Crippen LogP contribution >= 0.6 is 0 Å². The van der Waals surface area contributed by atoms with E-state index >= 15 is 0 Å². The van der Waals surface area contributed by atoms with Crippen LogP contribution in [0.2, 0.25) is 0 Å². The van der Waals surface area contributed by atoms with E-state index in [0.717, 1.165) is 0 Å². The third-order valence-corrected chi connectivity index (χ3v) is 7.20. The molecule has 0 radical (unpaired) electrons. The van der Waals surface area contributed by atoms with Crippen LogP contribution in [0, 0.1) is 0 Å². The van der Waals surface area contributed by atoms with Gasteiger partial charge in [0.2, 0.25) is 15.9 Å². The molecule has 2 amide bonds. The Morgan fingerprint density at radius 2 is 1.32 bits per heavy atom. The minimum absolute atomic E-state index is 0.00249. The quantitative estimate of drug-likeness (QED) is 0.327. The Balaban J connectivity index is 1.57. The van der Waals surface area contributed by atoms with Gasteiger partial charge in [-0.05, 0) is 54.1 Å². The first-order valence-electron chi connectivity index (χ1n) is 9.90. The topological polar surface area (TPSA) is 151 Å². The predicted molar refractivity (Wildman–Crippen MR) is 125 cm³/mol. The van der Waals surface area contributed by atoms with Crippen LogP contribution in [0.1, 0.15) is 22.8 Å². The lowest BCUT2D eigenvalue weighted by molar-refractivity contribution is -0.114. The Morgan fingerprint density at radius 1 is 0.735 bits per heavy atom. The average Bonchev–Trinajstić information content (AvgIpc) is 2.82. The second-order valence-electron chi connectivity index (χ2n) is 7.10. The van der Waals surface area contributed by atoms with Gasteiger partial charge in [-0.15, -0.1) is 4.83 Å². The molecule has 0 aliphatic carbocycles. The molecule has 0 aliphatic heterocycles. The van der Waals surface area contributed by atoms with Crippen LogP contribution in [-0.2, 0) is 31.4 Å². The minimum atomic E-state index is -3.91. The van der Waals surface area contributed by atoms with Crippen molar-refractivity contribution in [1.29, 1.82) is 0 Å². The first kappa shape index (κ1) is 25.1. The van der Waals surface area contributed by atoms with Crippen molar-refractivity contribution < 1.29 is 26.4 Å². The molecule has 12 heteroatoms. The van der Waals surface area contributed by atoms with E-state index in [1.807, 2.05) is 4.83 Å². The molecule has 3 aromatic carbocycles. The van der Waals surface area contributed by atoms with Crippen LogP contribution < -0.4 is 20.3 Å². The number of hydrogen-bond acceptors (Lipinski definition) is 6. The molecule has 0 spiro atoms. The van der Waals surface area contributed by atoms with Gasteiger partial charge in [-0.25, -0.2) is 21.6 Å². The highest BCUT2D eigenvalue weighted by atomic mass is 32.2. The summed E-state index contributed by atoms with van der Waals surface area (Å²) in [4.78, 5) is 25.4. The number of sulfonamides is 2. The molecule has 0 aliphatic rings. The highest BCUT2D eigenvalue weighted by molar-refractivity contribution is 7.89. The summed E-state index contributed by atoms with van der Waals surface area (Å²) in [7, 11) is -7.71. The molecule has 0 aromatic heterocycles. The molecule has 0 unspecified atom stereocenters. The Bertz CT molecular complexity index is 1370. The van der Waals surface area contributed by atoms with E-state index in [0.29, 0.717) is 11.3 Å². The zero-order valence-corrected chi connectivity index (χ0v) is 19.6. The molecule has 0 atom stereocenters. The van der Waals surface area contributed by atoms with Crippen molar-refractivity contribution in [3.05, 3.63) is 90.0 Å². The third kappa shape index (κ3) is 6.71. The van der Waals surface area contributed by atoms with Gasteiger partial charge in [-0.2, -0.15) is 0 Å². The molecule has 0 bridgehead atoms. The number of carbonyl (C=O) groups excluding carboxylic acids is 2. The second-order valence-corrected chi connectivity index (χ2v) is 10.5. The highest BCUT2D eigenvalue weighted by Crippen LogP contribution is 2.15. The molecular formula is C22H22N4O6S2. The van der Waals surface area contributed by atoms with E-state index in [4.69, 9.17) is 0 Å². The number of hydrazine groups is 1. The number of benzene rings is 3. The average molecular weight is 503 g/mol. The van der Waals surface area contributed by atoms with Crippen LogP contribution in [0.5, 0.6) is 0 Å². The summed E-state index contributed by atoms with van der Waals surface area (Å²) in [5.74, 6) is -0.939. The number of carbonyl (C=O) groups is 2. The minimum Gasteiger partial charge on any atom is -0.326 e. The SMILES string of the molecule is CC(=O)Nc1ccc(S(=O)(=O)NCc2ccc(C(=O)NNS(=O)(=O)c3ccccc3)cc2)cc1. The summed E-state index contributed by atoms with van der Waals surface area (Å²) in [6.07, 6.45) is 0. The van der Waals surface area contributed by atoms with Crippen LogP contribution in [0.15, 0.2) is 88.7 Å². The summed E-state index contributed by atoms with van der Waals surface area (Å²) in [5, 5.41) is 2.56. The van der Waals surface area contributed by atoms with Gasteiger partial charge in [0, 0.05) is 24.7 Å². The maximum absolute atomic E-state index is 12.5. The second kappa shape index (κ2) is 10.6. The standard InChI is InChI=1S/C22H22N4O6S2/c1-16(27)24-19-11-13-21(14-12-19)33(29,30)23-15-17-7-9-18(10-8-17)22(28)25-26-34(31,32)20-5-3-2-4-6-20/h2-14,23,26H,15H2,1H3,(H,24,27)(H,25,28). The van der Waals surface area contributed by atoms with Crippen LogP contribution in [0.3, 0.4) is 0 Å². The van der Waals surface area contributed by atoms with Crippen molar-refractivity contribution in [3.63, 3.8) is 0 Å². The van der Waals surface area contributed by atoms with Crippen LogP contribution in [0.4, 0.5) is 5.69 Å². The van der Waals surface area contributed by atoms with Gasteiger partial charge >= 0.3 is 0 Å². The molecule has 3 rings (SSSR count). The number of amides is 2. The summed E-state index contributed by atoms with van der Waals surface area (Å²) in [6, 6.07) is 19.3. The third-order valence-electron chi connectivity index (χ3n) is 4.52. The monoisotopic (exact) mass is 502 g/mol. The Kier molecular flexibility index (Phi) is 7.79. The van der Waals surface area contributed by atoms with Gasteiger partial charge in [0.1, 0.15) is 0 Å². The maximum atomic E-state index is 12.5. The molecule has 0 fully saturated rings. The molecule has 0 heterocycles. The van der Waals surface area contributed by atoms with Crippen LogP contribution in [-0.4, -0.2) is 28.6 Å². The fraction of sp³-hybridized carbons (Fsp3) is 0.0909. The maximum Gasteiger partial charge on any atom is 0.266 e. The normalized spacial score (nSPS) is 11.6. The first-order valence-corrected chi connectivity index (χ1v) is 12.9. The Hall–Kier alpha value is -3.58. The summed E-state index contributed by atoms with van der Waals surface area (Å²) < 4.78 is 51.8. The van der Waals surface area contributed by atoms with E-state index in [1.54, 1.807) is 30.3 Å². The fourth-order valence-corrected chi connectivity index (χ4v) is 4.68. The molecule has 34 heavy (non-hydrogen) atoms. The summed E-state index contributed by atoms with van der Waals surface area (Å²) >= 11 is 0. The number of anilines is 1. The molecule has 0 saturated heterocycles. The fourth-order valence-electron chi connectivity index (χ4n) is 2.80. The Morgan fingerprint density at radius 3 is 1.91 bits per heavy atom. The van der Waals surface area contributed by atoms with Crippen molar-refractivity contribution in [3.8, 4) is 0 Å². The zero-order chi connectivity index (χ0) is 24.8. The van der Waals surface area contributed by atoms with E-state index in [-0.39, 0.29) is 27.8 Å². The van der Waals surface area contributed by atoms with Crippen molar-refractivity contribution in [2.24, 2.45) is 0 Å². The first-order chi connectivity index (χ1) is 16.1. The van der Waals surface area contributed by atoms with E-state index < -0.39 is 26.0 Å². The molecular weight excluding hydrogens is 480 g/mol. The summed E-state index contributed by atoms with van der Waals surface area (Å²) in [6.45, 7) is 1.32.